The molecule has 6 heteroatoms. The number of nitrogens with one attached hydrogen (secondary N) is 1. The van der Waals surface area contributed by atoms with Gasteiger partial charge in [-0.25, -0.2) is 4.98 Å². The van der Waals surface area contributed by atoms with Crippen molar-refractivity contribution in [2.75, 3.05) is 11.9 Å². The molecular formula is C15H21N3OS2. The van der Waals surface area contributed by atoms with E-state index in [0.29, 0.717) is 11.6 Å². The Balaban J connectivity index is 1.78. The van der Waals surface area contributed by atoms with Crippen LogP contribution in [0.1, 0.15) is 37.0 Å². The van der Waals surface area contributed by atoms with Crippen LogP contribution in [0, 0.1) is 6.92 Å². The molecular weight excluding hydrogens is 302 g/mol. The molecule has 0 aliphatic carbocycles. The van der Waals surface area contributed by atoms with Gasteiger partial charge in [0.1, 0.15) is 0 Å². The summed E-state index contributed by atoms with van der Waals surface area (Å²) in [7, 11) is 0. The molecule has 0 radical (unpaired) electrons. The molecule has 4 nitrogen and oxygen atoms in total. The van der Waals surface area contributed by atoms with Gasteiger partial charge in [-0.05, 0) is 38.4 Å². The number of unbranched alkanes of at least 4 members (excludes halogenated alkanes) is 3. The molecule has 2 rings (SSSR count). The largest absolute Gasteiger partial charge is 0.330 e. The first-order chi connectivity index (χ1) is 10.2. The van der Waals surface area contributed by atoms with Crippen molar-refractivity contribution in [3.8, 4) is 10.6 Å². The topological polar surface area (TPSA) is 68.0 Å². The van der Waals surface area contributed by atoms with Crippen molar-refractivity contribution in [2.24, 2.45) is 5.73 Å². The third-order valence-corrected chi connectivity index (χ3v) is 4.88. The number of aromatic nitrogens is 1. The summed E-state index contributed by atoms with van der Waals surface area (Å²) < 4.78 is 0. The average Bonchev–Trinajstić information content (AvgIpc) is 3.07. The molecule has 2 aromatic heterocycles. The second kappa shape index (κ2) is 8.26. The number of hydrogen-bond acceptors (Lipinski definition) is 5. The maximum atomic E-state index is 11.8. The molecule has 0 spiro atoms. The van der Waals surface area contributed by atoms with Gasteiger partial charge in [-0.15, -0.1) is 22.7 Å². The minimum atomic E-state index is 0.0472. The third kappa shape index (κ3) is 5.22. The highest BCUT2D eigenvalue weighted by Crippen LogP contribution is 2.30. The Morgan fingerprint density at radius 1 is 1.29 bits per heavy atom. The molecule has 0 saturated carbocycles. The van der Waals surface area contributed by atoms with Crippen molar-refractivity contribution in [1.82, 2.24) is 4.98 Å². The number of thiazole rings is 1. The smallest absolute Gasteiger partial charge is 0.226 e. The monoisotopic (exact) mass is 323 g/mol. The zero-order valence-electron chi connectivity index (χ0n) is 12.2. The normalized spacial score (nSPS) is 10.8. The molecule has 0 aromatic carbocycles. The van der Waals surface area contributed by atoms with E-state index in [1.54, 1.807) is 11.3 Å². The lowest BCUT2D eigenvalue weighted by Gasteiger charge is -2.01. The Kier molecular flexibility index (Phi) is 6.35. The summed E-state index contributed by atoms with van der Waals surface area (Å²) in [6.07, 6.45) is 4.66. The van der Waals surface area contributed by atoms with Gasteiger partial charge in [0.05, 0.1) is 10.6 Å². The standard InChI is InChI=1S/C15H21N3OS2/c1-11-7-8-13(21-11)12-10-20-15(17-12)18-14(19)6-4-2-3-5-9-16/h7-8,10H,2-6,9,16H2,1H3,(H,17,18,19). The summed E-state index contributed by atoms with van der Waals surface area (Å²) in [5.41, 5.74) is 6.38. The lowest BCUT2D eigenvalue weighted by Crippen LogP contribution is -2.10. The fraction of sp³-hybridized carbons (Fsp3) is 0.467. The molecule has 0 atom stereocenters. The molecule has 0 bridgehead atoms. The van der Waals surface area contributed by atoms with Crippen molar-refractivity contribution in [2.45, 2.75) is 39.0 Å². The summed E-state index contributed by atoms with van der Waals surface area (Å²) in [4.78, 5) is 18.7. The minimum Gasteiger partial charge on any atom is -0.330 e. The van der Waals surface area contributed by atoms with Crippen LogP contribution >= 0.6 is 22.7 Å². The van der Waals surface area contributed by atoms with Crippen LogP contribution in [0.5, 0.6) is 0 Å². The Bertz CT molecular complexity index is 577. The summed E-state index contributed by atoms with van der Waals surface area (Å²) in [6.45, 7) is 2.81. The van der Waals surface area contributed by atoms with Crippen LogP contribution in [0.25, 0.3) is 10.6 Å². The third-order valence-electron chi connectivity index (χ3n) is 3.10. The van der Waals surface area contributed by atoms with E-state index in [4.69, 9.17) is 5.73 Å². The fourth-order valence-corrected chi connectivity index (χ4v) is 3.61. The molecule has 0 aliphatic rings. The van der Waals surface area contributed by atoms with Crippen LogP contribution in [0.2, 0.25) is 0 Å². The van der Waals surface area contributed by atoms with Crippen molar-refractivity contribution in [3.05, 3.63) is 22.4 Å². The van der Waals surface area contributed by atoms with Crippen molar-refractivity contribution in [1.29, 1.82) is 0 Å². The number of hydrogen-bond donors (Lipinski definition) is 2. The van der Waals surface area contributed by atoms with Gasteiger partial charge in [0, 0.05) is 16.7 Å². The van der Waals surface area contributed by atoms with Gasteiger partial charge >= 0.3 is 0 Å². The molecule has 3 N–H and O–H groups in total. The van der Waals surface area contributed by atoms with E-state index >= 15 is 0 Å². The molecule has 0 saturated heterocycles. The number of amides is 1. The number of aryl methyl sites for hydroxylation is 1. The highest BCUT2D eigenvalue weighted by molar-refractivity contribution is 7.17. The fourth-order valence-electron chi connectivity index (χ4n) is 1.98. The van der Waals surface area contributed by atoms with Crippen molar-refractivity contribution in [3.63, 3.8) is 0 Å². The van der Waals surface area contributed by atoms with E-state index in [9.17, 15) is 4.79 Å². The number of rotatable bonds is 8. The van der Waals surface area contributed by atoms with Gasteiger partial charge in [-0.3, -0.25) is 4.79 Å². The molecule has 21 heavy (non-hydrogen) atoms. The van der Waals surface area contributed by atoms with Gasteiger partial charge in [-0.1, -0.05) is 12.8 Å². The first-order valence-electron chi connectivity index (χ1n) is 7.21. The Morgan fingerprint density at radius 2 is 2.10 bits per heavy atom. The molecule has 0 fully saturated rings. The van der Waals surface area contributed by atoms with E-state index in [1.165, 1.54) is 16.2 Å². The maximum Gasteiger partial charge on any atom is 0.226 e. The first kappa shape index (κ1) is 16.1. The lowest BCUT2D eigenvalue weighted by atomic mass is 10.1. The van der Waals surface area contributed by atoms with E-state index in [-0.39, 0.29) is 5.91 Å². The molecule has 2 aromatic rings. The highest BCUT2D eigenvalue weighted by atomic mass is 32.1. The molecule has 0 aliphatic heterocycles. The molecule has 1 amide bonds. The van der Waals surface area contributed by atoms with Gasteiger partial charge in [0.25, 0.3) is 0 Å². The lowest BCUT2D eigenvalue weighted by molar-refractivity contribution is -0.116. The van der Waals surface area contributed by atoms with Gasteiger partial charge in [0.2, 0.25) is 5.91 Å². The Labute approximate surface area is 133 Å². The number of nitrogens with two attached hydrogens (primary N) is 1. The number of anilines is 1. The molecule has 2 heterocycles. The van der Waals surface area contributed by atoms with E-state index in [0.717, 1.165) is 42.8 Å². The number of thiophene rings is 1. The summed E-state index contributed by atoms with van der Waals surface area (Å²) in [6, 6.07) is 4.15. The van der Waals surface area contributed by atoms with Crippen LogP contribution in [-0.2, 0) is 4.79 Å². The highest BCUT2D eigenvalue weighted by Gasteiger charge is 2.09. The van der Waals surface area contributed by atoms with Crippen LogP contribution < -0.4 is 11.1 Å². The summed E-state index contributed by atoms with van der Waals surface area (Å²) >= 11 is 3.19. The summed E-state index contributed by atoms with van der Waals surface area (Å²) in [5, 5.41) is 5.55. The minimum absolute atomic E-state index is 0.0472. The zero-order chi connectivity index (χ0) is 15.1. The van der Waals surface area contributed by atoms with Crippen LogP contribution in [-0.4, -0.2) is 17.4 Å². The Hall–Kier alpha value is -1.24. The van der Waals surface area contributed by atoms with Crippen molar-refractivity contribution >= 4 is 33.7 Å². The second-order valence-electron chi connectivity index (χ2n) is 4.95. The van der Waals surface area contributed by atoms with Crippen LogP contribution in [0.3, 0.4) is 0 Å². The zero-order valence-corrected chi connectivity index (χ0v) is 13.9. The number of carbonyl (C=O) groups excluding carboxylic acids is 1. The first-order valence-corrected chi connectivity index (χ1v) is 8.91. The van der Waals surface area contributed by atoms with Gasteiger partial charge in [-0.2, -0.15) is 0 Å². The van der Waals surface area contributed by atoms with Crippen molar-refractivity contribution < 1.29 is 4.79 Å². The molecule has 0 unspecified atom stereocenters. The van der Waals surface area contributed by atoms with Crippen LogP contribution in [0.4, 0.5) is 5.13 Å². The number of carbonyl (C=O) groups is 1. The van der Waals surface area contributed by atoms with Gasteiger partial charge < -0.3 is 11.1 Å². The van der Waals surface area contributed by atoms with E-state index < -0.39 is 0 Å². The summed E-state index contributed by atoms with van der Waals surface area (Å²) in [5.74, 6) is 0.0472. The molecule has 114 valence electrons. The second-order valence-corrected chi connectivity index (χ2v) is 7.10. The van der Waals surface area contributed by atoms with Gasteiger partial charge in [0.15, 0.2) is 5.13 Å². The maximum absolute atomic E-state index is 11.8. The van der Waals surface area contributed by atoms with E-state index in [2.05, 4.69) is 29.4 Å². The Morgan fingerprint density at radius 3 is 2.81 bits per heavy atom. The van der Waals surface area contributed by atoms with Crippen LogP contribution in [0.15, 0.2) is 17.5 Å². The number of nitrogens with zero attached hydrogens (tertiary/aromatic N) is 1. The quantitative estimate of drug-likeness (QED) is 0.721. The predicted octanol–water partition coefficient (Wildman–Crippen LogP) is 4.03. The SMILES string of the molecule is Cc1ccc(-c2csc(NC(=O)CCCCCCN)n2)s1. The predicted molar refractivity (Wildman–Crippen MR) is 90.9 cm³/mol. The average molecular weight is 323 g/mol. The van der Waals surface area contributed by atoms with E-state index in [1.807, 2.05) is 5.38 Å².